The lowest BCUT2D eigenvalue weighted by atomic mass is 10.2. The Kier molecular flexibility index (Phi) is 3.22. The zero-order valence-electron chi connectivity index (χ0n) is 11.8. The van der Waals surface area contributed by atoms with E-state index >= 15 is 0 Å². The molecule has 0 atom stereocenters. The van der Waals surface area contributed by atoms with Crippen molar-refractivity contribution in [1.82, 2.24) is 14.5 Å². The van der Waals surface area contributed by atoms with Crippen molar-refractivity contribution in [2.24, 2.45) is 0 Å². The lowest BCUT2D eigenvalue weighted by Crippen LogP contribution is -2.00. The molecule has 2 heterocycles. The largest absolute Gasteiger partial charge is 0.298 e. The van der Waals surface area contributed by atoms with Gasteiger partial charge < -0.3 is 0 Å². The zero-order valence-corrected chi connectivity index (χ0v) is 12.6. The van der Waals surface area contributed by atoms with Crippen molar-refractivity contribution in [3.8, 4) is 5.69 Å². The molecule has 4 heteroatoms. The van der Waals surface area contributed by atoms with Crippen LogP contribution in [0.5, 0.6) is 0 Å². The molecule has 0 aliphatic carbocycles. The highest BCUT2D eigenvalue weighted by molar-refractivity contribution is 6.34. The van der Waals surface area contributed by atoms with E-state index in [1.54, 1.807) is 0 Å². The monoisotopic (exact) mass is 285 g/mol. The molecule has 0 saturated heterocycles. The van der Waals surface area contributed by atoms with Crippen LogP contribution in [0.15, 0.2) is 30.3 Å². The average molecular weight is 286 g/mol. The Morgan fingerprint density at radius 2 is 1.80 bits per heavy atom. The molecule has 3 aromatic rings. The molecule has 0 unspecified atom stereocenters. The molecule has 3 nitrogen and oxygen atoms in total. The van der Waals surface area contributed by atoms with Crippen molar-refractivity contribution in [2.45, 2.75) is 27.2 Å². The van der Waals surface area contributed by atoms with E-state index in [9.17, 15) is 0 Å². The first kappa shape index (κ1) is 13.1. The van der Waals surface area contributed by atoms with Gasteiger partial charge in [0.15, 0.2) is 0 Å². The first-order chi connectivity index (χ1) is 9.63. The predicted molar refractivity (Wildman–Crippen MR) is 82.7 cm³/mol. The van der Waals surface area contributed by atoms with Gasteiger partial charge in [-0.1, -0.05) is 36.7 Å². The Morgan fingerprint density at radius 3 is 2.45 bits per heavy atom. The summed E-state index contributed by atoms with van der Waals surface area (Å²) in [5, 5.41) is 1.49. The molecule has 2 aromatic heterocycles. The second kappa shape index (κ2) is 4.91. The second-order valence-electron chi connectivity index (χ2n) is 4.86. The van der Waals surface area contributed by atoms with Crippen molar-refractivity contribution in [2.75, 3.05) is 0 Å². The van der Waals surface area contributed by atoms with E-state index in [-0.39, 0.29) is 0 Å². The van der Waals surface area contributed by atoms with Gasteiger partial charge in [0.05, 0.1) is 5.39 Å². The van der Waals surface area contributed by atoms with E-state index in [4.69, 9.17) is 11.6 Å². The van der Waals surface area contributed by atoms with Gasteiger partial charge in [0.1, 0.15) is 16.6 Å². The number of aryl methyl sites for hydroxylation is 2. The van der Waals surface area contributed by atoms with Crippen LogP contribution >= 0.6 is 11.6 Å². The molecule has 0 aliphatic heterocycles. The first-order valence-corrected chi connectivity index (χ1v) is 7.10. The van der Waals surface area contributed by atoms with Crippen LogP contribution in [0.2, 0.25) is 5.15 Å². The molecule has 0 radical (unpaired) electrons. The molecule has 0 saturated carbocycles. The van der Waals surface area contributed by atoms with E-state index in [2.05, 4.69) is 40.5 Å². The highest BCUT2D eigenvalue weighted by Gasteiger charge is 2.17. The van der Waals surface area contributed by atoms with Crippen molar-refractivity contribution >= 4 is 22.6 Å². The highest BCUT2D eigenvalue weighted by Crippen LogP contribution is 2.31. The standard InChI is InChI=1S/C16H16ClN3/c1-4-13-18-15(17)14-10(2)11(3)20(16(14)19-13)12-8-6-5-7-9-12/h5-9H,4H2,1-3H3. The first-order valence-electron chi connectivity index (χ1n) is 6.73. The fourth-order valence-electron chi connectivity index (χ4n) is 2.51. The van der Waals surface area contributed by atoms with Crippen LogP contribution in [0.25, 0.3) is 16.7 Å². The van der Waals surface area contributed by atoms with Crippen LogP contribution in [0.4, 0.5) is 0 Å². The van der Waals surface area contributed by atoms with Crippen LogP contribution in [-0.4, -0.2) is 14.5 Å². The van der Waals surface area contributed by atoms with Gasteiger partial charge in [-0.2, -0.15) is 0 Å². The molecule has 20 heavy (non-hydrogen) atoms. The van der Waals surface area contributed by atoms with E-state index < -0.39 is 0 Å². The van der Waals surface area contributed by atoms with Crippen LogP contribution in [0.1, 0.15) is 24.0 Å². The smallest absolute Gasteiger partial charge is 0.150 e. The molecular weight excluding hydrogens is 270 g/mol. The maximum atomic E-state index is 6.35. The minimum atomic E-state index is 0.544. The summed E-state index contributed by atoms with van der Waals surface area (Å²) in [5.74, 6) is 0.775. The molecule has 1 aromatic carbocycles. The summed E-state index contributed by atoms with van der Waals surface area (Å²) in [5.41, 5.74) is 4.27. The topological polar surface area (TPSA) is 30.7 Å². The number of nitrogens with zero attached hydrogens (tertiary/aromatic N) is 3. The Hall–Kier alpha value is -1.87. The summed E-state index contributed by atoms with van der Waals surface area (Å²) in [4.78, 5) is 9.05. The number of rotatable bonds is 2. The van der Waals surface area contributed by atoms with E-state index in [0.29, 0.717) is 5.15 Å². The van der Waals surface area contributed by atoms with Gasteiger partial charge in [-0.05, 0) is 31.5 Å². The summed E-state index contributed by atoms with van der Waals surface area (Å²) in [6.45, 7) is 6.19. The Morgan fingerprint density at radius 1 is 1.10 bits per heavy atom. The SMILES string of the molecule is CCc1nc(Cl)c2c(C)c(C)n(-c3ccccc3)c2n1. The normalized spacial score (nSPS) is 11.2. The van der Waals surface area contributed by atoms with Gasteiger partial charge >= 0.3 is 0 Å². The maximum absolute atomic E-state index is 6.35. The lowest BCUT2D eigenvalue weighted by Gasteiger charge is -2.08. The lowest BCUT2D eigenvalue weighted by molar-refractivity contribution is 0.935. The van der Waals surface area contributed by atoms with Crippen molar-refractivity contribution < 1.29 is 0 Å². The number of hydrogen-bond donors (Lipinski definition) is 0. The molecule has 0 fully saturated rings. The Bertz CT molecular complexity index is 776. The number of benzene rings is 1. The number of para-hydroxylation sites is 1. The number of hydrogen-bond acceptors (Lipinski definition) is 2. The molecule has 102 valence electrons. The summed E-state index contributed by atoms with van der Waals surface area (Å²) in [6, 6.07) is 10.2. The quantitative estimate of drug-likeness (QED) is 0.659. The van der Waals surface area contributed by atoms with Gasteiger partial charge in [0.2, 0.25) is 0 Å². The van der Waals surface area contributed by atoms with Crippen LogP contribution in [0.3, 0.4) is 0 Å². The highest BCUT2D eigenvalue weighted by atomic mass is 35.5. The van der Waals surface area contributed by atoms with Gasteiger partial charge in [-0.25, -0.2) is 9.97 Å². The predicted octanol–water partition coefficient (Wildman–Crippen LogP) is 4.25. The van der Waals surface area contributed by atoms with Gasteiger partial charge in [-0.3, -0.25) is 4.57 Å². The minimum absolute atomic E-state index is 0.544. The molecular formula is C16H16ClN3. The van der Waals surface area contributed by atoms with Crippen LogP contribution < -0.4 is 0 Å². The van der Waals surface area contributed by atoms with Gasteiger partial charge in [-0.15, -0.1) is 0 Å². The van der Waals surface area contributed by atoms with Crippen molar-refractivity contribution in [1.29, 1.82) is 0 Å². The summed E-state index contributed by atoms with van der Waals surface area (Å²) >= 11 is 6.35. The molecule has 3 rings (SSSR count). The molecule has 0 N–H and O–H groups in total. The molecule has 0 aliphatic rings. The van der Waals surface area contributed by atoms with Crippen molar-refractivity contribution in [3.05, 3.63) is 52.6 Å². The molecule has 0 amide bonds. The van der Waals surface area contributed by atoms with E-state index in [1.165, 1.54) is 0 Å². The third-order valence-corrected chi connectivity index (χ3v) is 3.96. The maximum Gasteiger partial charge on any atom is 0.150 e. The minimum Gasteiger partial charge on any atom is -0.298 e. The van der Waals surface area contributed by atoms with E-state index in [0.717, 1.165) is 40.2 Å². The van der Waals surface area contributed by atoms with E-state index in [1.807, 2.05) is 25.1 Å². The van der Waals surface area contributed by atoms with Gasteiger partial charge in [0, 0.05) is 17.8 Å². The third kappa shape index (κ3) is 1.90. The average Bonchev–Trinajstić information content (AvgIpc) is 2.72. The summed E-state index contributed by atoms with van der Waals surface area (Å²) in [7, 11) is 0. The fraction of sp³-hybridized carbons (Fsp3) is 0.250. The number of fused-ring (bicyclic) bond motifs is 1. The number of aromatic nitrogens is 3. The zero-order chi connectivity index (χ0) is 14.3. The molecule has 0 spiro atoms. The Labute approximate surface area is 123 Å². The van der Waals surface area contributed by atoms with Crippen molar-refractivity contribution in [3.63, 3.8) is 0 Å². The Balaban J connectivity index is 2.43. The fourth-order valence-corrected chi connectivity index (χ4v) is 2.83. The third-order valence-electron chi connectivity index (χ3n) is 3.69. The number of halogens is 1. The molecule has 0 bridgehead atoms. The summed E-state index contributed by atoms with van der Waals surface area (Å²) < 4.78 is 2.15. The van der Waals surface area contributed by atoms with Crippen LogP contribution in [-0.2, 0) is 6.42 Å². The summed E-state index contributed by atoms with van der Waals surface area (Å²) in [6.07, 6.45) is 0.772. The second-order valence-corrected chi connectivity index (χ2v) is 5.22. The van der Waals surface area contributed by atoms with Crippen LogP contribution in [0, 0.1) is 13.8 Å². The van der Waals surface area contributed by atoms with Gasteiger partial charge in [0.25, 0.3) is 0 Å².